The molecule has 0 aliphatic carbocycles. The third kappa shape index (κ3) is 4.24. The smallest absolute Gasteiger partial charge is 0.260 e. The Hall–Kier alpha value is -3.78. The second-order valence-corrected chi connectivity index (χ2v) is 7.08. The highest BCUT2D eigenvalue weighted by atomic mass is 16.5. The van der Waals surface area contributed by atoms with Crippen LogP contribution in [0.4, 0.5) is 0 Å². The van der Waals surface area contributed by atoms with Crippen molar-refractivity contribution in [2.45, 2.75) is 13.5 Å². The van der Waals surface area contributed by atoms with Crippen molar-refractivity contribution in [1.82, 2.24) is 20.0 Å². The minimum Gasteiger partial charge on any atom is -0.383 e. The molecule has 8 heteroatoms. The van der Waals surface area contributed by atoms with E-state index in [0.717, 1.165) is 5.56 Å². The quantitative estimate of drug-likeness (QED) is 0.495. The van der Waals surface area contributed by atoms with Crippen LogP contribution in [0.15, 0.2) is 63.9 Å². The monoisotopic (exact) mass is 418 g/mol. The maximum absolute atomic E-state index is 13.5. The fourth-order valence-electron chi connectivity index (χ4n) is 3.42. The molecule has 0 fully saturated rings. The van der Waals surface area contributed by atoms with E-state index in [4.69, 9.17) is 9.26 Å². The molecule has 0 atom stereocenters. The first-order chi connectivity index (χ1) is 15.1. The number of hydrogen-bond donors (Lipinski definition) is 1. The number of amides is 1. The van der Waals surface area contributed by atoms with E-state index in [-0.39, 0.29) is 18.0 Å². The summed E-state index contributed by atoms with van der Waals surface area (Å²) in [5.74, 6) is 0.542. The molecule has 0 radical (unpaired) electrons. The summed E-state index contributed by atoms with van der Waals surface area (Å²) in [6.45, 7) is 2.46. The molecule has 0 saturated carbocycles. The number of nitrogens with zero attached hydrogens (tertiary/aromatic N) is 3. The Morgan fingerprint density at radius 3 is 2.65 bits per heavy atom. The van der Waals surface area contributed by atoms with Crippen molar-refractivity contribution < 1.29 is 14.1 Å². The standard InChI is InChI=1S/C23H22N4O4/c1-15-20(21(26-31-15)16-8-4-3-5-9-16)23(29)27(12-13-30-2)14-19-24-18-11-7-6-10-17(18)22(28)25-19/h3-11H,12-14H2,1-2H3,(H,24,25,28). The van der Waals surface area contributed by atoms with E-state index < -0.39 is 0 Å². The second kappa shape index (κ2) is 8.93. The summed E-state index contributed by atoms with van der Waals surface area (Å²) in [4.78, 5) is 34.8. The van der Waals surface area contributed by atoms with Crippen molar-refractivity contribution in [1.29, 1.82) is 0 Å². The zero-order valence-electron chi connectivity index (χ0n) is 17.3. The summed E-state index contributed by atoms with van der Waals surface area (Å²) in [5.41, 5.74) is 1.97. The van der Waals surface area contributed by atoms with Gasteiger partial charge in [-0.15, -0.1) is 0 Å². The number of benzene rings is 2. The summed E-state index contributed by atoms with van der Waals surface area (Å²) in [7, 11) is 1.57. The van der Waals surface area contributed by atoms with Crippen LogP contribution >= 0.6 is 0 Å². The molecule has 2 aromatic heterocycles. The normalized spacial score (nSPS) is 11.0. The number of ether oxygens (including phenoxy) is 1. The first-order valence-corrected chi connectivity index (χ1v) is 9.86. The molecule has 4 aromatic rings. The van der Waals surface area contributed by atoms with Crippen LogP contribution in [-0.2, 0) is 11.3 Å². The predicted molar refractivity (Wildman–Crippen MR) is 116 cm³/mol. The average Bonchev–Trinajstić information content (AvgIpc) is 3.18. The lowest BCUT2D eigenvalue weighted by Gasteiger charge is -2.22. The molecule has 0 aliphatic rings. The lowest BCUT2D eigenvalue weighted by Crippen LogP contribution is -2.35. The first-order valence-electron chi connectivity index (χ1n) is 9.86. The third-order valence-electron chi connectivity index (χ3n) is 4.98. The van der Waals surface area contributed by atoms with Gasteiger partial charge in [-0.05, 0) is 19.1 Å². The number of methoxy groups -OCH3 is 1. The number of nitrogens with one attached hydrogen (secondary N) is 1. The van der Waals surface area contributed by atoms with Crippen molar-refractivity contribution in [3.05, 3.63) is 82.1 Å². The van der Waals surface area contributed by atoms with Crippen LogP contribution in [0.1, 0.15) is 21.9 Å². The molecular weight excluding hydrogens is 396 g/mol. The number of para-hydroxylation sites is 1. The Labute approximate surface area is 178 Å². The summed E-state index contributed by atoms with van der Waals surface area (Å²) < 4.78 is 10.5. The molecule has 158 valence electrons. The summed E-state index contributed by atoms with van der Waals surface area (Å²) in [6.07, 6.45) is 0. The highest BCUT2D eigenvalue weighted by Crippen LogP contribution is 2.26. The maximum Gasteiger partial charge on any atom is 0.260 e. The van der Waals surface area contributed by atoms with Gasteiger partial charge in [-0.25, -0.2) is 4.98 Å². The Bertz CT molecular complexity index is 1260. The Morgan fingerprint density at radius 1 is 1.13 bits per heavy atom. The summed E-state index contributed by atoms with van der Waals surface area (Å²) in [6, 6.07) is 16.5. The maximum atomic E-state index is 13.5. The fourth-order valence-corrected chi connectivity index (χ4v) is 3.42. The average molecular weight is 418 g/mol. The molecule has 31 heavy (non-hydrogen) atoms. The van der Waals surface area contributed by atoms with E-state index in [9.17, 15) is 9.59 Å². The topological polar surface area (TPSA) is 101 Å². The van der Waals surface area contributed by atoms with Gasteiger partial charge in [-0.1, -0.05) is 47.6 Å². The second-order valence-electron chi connectivity index (χ2n) is 7.08. The molecule has 2 aromatic carbocycles. The van der Waals surface area contributed by atoms with Crippen LogP contribution in [0.5, 0.6) is 0 Å². The number of aromatic amines is 1. The third-order valence-corrected chi connectivity index (χ3v) is 4.98. The molecule has 2 heterocycles. The van der Waals surface area contributed by atoms with Crippen LogP contribution in [0.2, 0.25) is 0 Å². The number of carbonyl (C=O) groups excluding carboxylic acids is 1. The van der Waals surface area contributed by atoms with E-state index in [0.29, 0.717) is 46.9 Å². The first kappa shape index (κ1) is 20.5. The van der Waals surface area contributed by atoms with E-state index in [1.807, 2.05) is 36.4 Å². The lowest BCUT2D eigenvalue weighted by atomic mass is 10.1. The number of aromatic nitrogens is 3. The Kier molecular flexibility index (Phi) is 5.90. The van der Waals surface area contributed by atoms with E-state index >= 15 is 0 Å². The van der Waals surface area contributed by atoms with Crippen molar-refractivity contribution in [3.63, 3.8) is 0 Å². The van der Waals surface area contributed by atoms with Gasteiger partial charge in [0.15, 0.2) is 0 Å². The van der Waals surface area contributed by atoms with Crippen LogP contribution in [-0.4, -0.2) is 46.2 Å². The van der Waals surface area contributed by atoms with E-state index in [1.54, 1.807) is 37.1 Å². The van der Waals surface area contributed by atoms with Gasteiger partial charge >= 0.3 is 0 Å². The summed E-state index contributed by atoms with van der Waals surface area (Å²) >= 11 is 0. The molecule has 4 rings (SSSR count). The number of hydrogen-bond acceptors (Lipinski definition) is 6. The van der Waals surface area contributed by atoms with E-state index in [1.165, 1.54) is 0 Å². The SMILES string of the molecule is COCCN(Cc1nc2ccccc2c(=O)[nH]1)C(=O)c1c(-c2ccccc2)noc1C. The van der Waals surface area contributed by atoms with Gasteiger partial charge in [0, 0.05) is 19.2 Å². The summed E-state index contributed by atoms with van der Waals surface area (Å²) in [5, 5.41) is 4.61. The van der Waals surface area contributed by atoms with Gasteiger partial charge in [0.05, 0.1) is 24.1 Å². The van der Waals surface area contributed by atoms with Crippen molar-refractivity contribution in [2.75, 3.05) is 20.3 Å². The van der Waals surface area contributed by atoms with Gasteiger partial charge in [0.1, 0.15) is 22.8 Å². The molecular formula is C23H22N4O4. The van der Waals surface area contributed by atoms with Crippen LogP contribution in [0.25, 0.3) is 22.2 Å². The number of fused-ring (bicyclic) bond motifs is 1. The van der Waals surface area contributed by atoms with Crippen molar-refractivity contribution >= 4 is 16.8 Å². The van der Waals surface area contributed by atoms with E-state index in [2.05, 4.69) is 15.1 Å². The highest BCUT2D eigenvalue weighted by molar-refractivity contribution is 6.00. The number of H-pyrrole nitrogens is 1. The molecule has 0 spiro atoms. The van der Waals surface area contributed by atoms with Gasteiger partial charge in [0.2, 0.25) is 0 Å². The minimum atomic E-state index is -0.273. The molecule has 0 bridgehead atoms. The van der Waals surface area contributed by atoms with Crippen LogP contribution < -0.4 is 5.56 Å². The number of carbonyl (C=O) groups is 1. The van der Waals surface area contributed by atoms with Crippen molar-refractivity contribution in [2.24, 2.45) is 0 Å². The zero-order valence-corrected chi connectivity index (χ0v) is 17.3. The zero-order chi connectivity index (χ0) is 21.8. The minimum absolute atomic E-state index is 0.112. The van der Waals surface area contributed by atoms with Gasteiger partial charge < -0.3 is 19.1 Å². The lowest BCUT2D eigenvalue weighted by molar-refractivity contribution is 0.0674. The van der Waals surface area contributed by atoms with Gasteiger partial charge in [0.25, 0.3) is 11.5 Å². The van der Waals surface area contributed by atoms with Crippen LogP contribution in [0, 0.1) is 6.92 Å². The number of aryl methyl sites for hydroxylation is 1. The predicted octanol–water partition coefficient (Wildman–Crippen LogP) is 3.18. The Morgan fingerprint density at radius 2 is 1.87 bits per heavy atom. The molecule has 1 amide bonds. The largest absolute Gasteiger partial charge is 0.383 e. The van der Waals surface area contributed by atoms with Gasteiger partial charge in [-0.2, -0.15) is 0 Å². The molecule has 0 aliphatic heterocycles. The molecule has 1 N–H and O–H groups in total. The highest BCUT2D eigenvalue weighted by Gasteiger charge is 2.26. The van der Waals surface area contributed by atoms with Crippen molar-refractivity contribution in [3.8, 4) is 11.3 Å². The number of rotatable bonds is 7. The molecule has 0 unspecified atom stereocenters. The molecule has 0 saturated heterocycles. The molecule has 8 nitrogen and oxygen atoms in total. The fraction of sp³-hybridized carbons (Fsp3) is 0.217. The van der Waals surface area contributed by atoms with Crippen LogP contribution in [0.3, 0.4) is 0 Å². The van der Waals surface area contributed by atoms with Gasteiger partial charge in [-0.3, -0.25) is 9.59 Å². The Balaban J connectivity index is 1.70.